The smallest absolute Gasteiger partial charge is 0.127 e. The molecule has 1 aromatic heterocycles. The molecule has 1 aliphatic rings. The number of aromatic nitrogens is 2. The fourth-order valence-corrected chi connectivity index (χ4v) is 2.23. The number of nitrogens with zero attached hydrogens (tertiary/aromatic N) is 3. The number of anilines is 1. The van der Waals surface area contributed by atoms with E-state index in [4.69, 9.17) is 5.73 Å². The molecule has 17 heavy (non-hydrogen) atoms. The summed E-state index contributed by atoms with van der Waals surface area (Å²) >= 11 is 0. The maximum atomic E-state index is 5.90. The molecular formula is C12H16N5. The SMILES string of the molecule is CN1CC[N]C(c2nc3c(N)cccc3[nH]2)C1. The number of benzene rings is 1. The lowest BCUT2D eigenvalue weighted by Crippen LogP contribution is -2.40. The van der Waals surface area contributed by atoms with Crippen LogP contribution in [0.2, 0.25) is 0 Å². The zero-order valence-corrected chi connectivity index (χ0v) is 9.85. The molecule has 0 amide bonds. The minimum Gasteiger partial charge on any atom is -0.397 e. The summed E-state index contributed by atoms with van der Waals surface area (Å²) in [5.74, 6) is 0.921. The molecule has 0 bridgehead atoms. The molecule has 2 heterocycles. The van der Waals surface area contributed by atoms with Crippen molar-refractivity contribution in [2.75, 3.05) is 32.4 Å². The van der Waals surface area contributed by atoms with Crippen molar-refractivity contribution in [2.24, 2.45) is 0 Å². The van der Waals surface area contributed by atoms with Gasteiger partial charge in [-0.3, -0.25) is 0 Å². The molecule has 3 rings (SSSR count). The molecule has 89 valence electrons. The van der Waals surface area contributed by atoms with Gasteiger partial charge < -0.3 is 15.6 Å². The van der Waals surface area contributed by atoms with Gasteiger partial charge in [-0.1, -0.05) is 6.07 Å². The van der Waals surface area contributed by atoms with Gasteiger partial charge in [-0.2, -0.15) is 0 Å². The van der Waals surface area contributed by atoms with E-state index in [9.17, 15) is 0 Å². The number of nitrogens with one attached hydrogen (secondary N) is 1. The summed E-state index contributed by atoms with van der Waals surface area (Å²) in [6.07, 6.45) is 0. The van der Waals surface area contributed by atoms with Gasteiger partial charge in [-0.25, -0.2) is 10.3 Å². The van der Waals surface area contributed by atoms with E-state index in [2.05, 4.69) is 27.2 Å². The molecule has 0 saturated carbocycles. The van der Waals surface area contributed by atoms with Crippen LogP contribution in [0, 0.1) is 0 Å². The lowest BCUT2D eigenvalue weighted by atomic mass is 10.2. The van der Waals surface area contributed by atoms with Crippen molar-refractivity contribution >= 4 is 16.7 Å². The van der Waals surface area contributed by atoms with Crippen molar-refractivity contribution in [1.82, 2.24) is 20.2 Å². The second-order valence-electron chi connectivity index (χ2n) is 4.55. The molecule has 5 heteroatoms. The number of para-hydroxylation sites is 1. The number of fused-ring (bicyclic) bond motifs is 1. The van der Waals surface area contributed by atoms with Crippen LogP contribution >= 0.6 is 0 Å². The second-order valence-corrected chi connectivity index (χ2v) is 4.55. The average Bonchev–Trinajstić information content (AvgIpc) is 2.74. The van der Waals surface area contributed by atoms with Gasteiger partial charge in [0.2, 0.25) is 0 Å². The van der Waals surface area contributed by atoms with Gasteiger partial charge in [0.05, 0.1) is 17.2 Å². The Hall–Kier alpha value is -1.59. The molecule has 0 aliphatic carbocycles. The van der Waals surface area contributed by atoms with Gasteiger partial charge in [-0.05, 0) is 19.2 Å². The Balaban J connectivity index is 1.97. The zero-order valence-electron chi connectivity index (χ0n) is 9.85. The predicted molar refractivity (Wildman–Crippen MR) is 67.7 cm³/mol. The summed E-state index contributed by atoms with van der Waals surface area (Å²) in [6.45, 7) is 2.81. The lowest BCUT2D eigenvalue weighted by molar-refractivity contribution is 0.232. The Bertz CT molecular complexity index is 533. The molecule has 2 aromatic rings. The van der Waals surface area contributed by atoms with Crippen molar-refractivity contribution < 1.29 is 0 Å². The quantitative estimate of drug-likeness (QED) is 0.710. The first kappa shape index (κ1) is 10.6. The van der Waals surface area contributed by atoms with E-state index in [1.807, 2.05) is 18.2 Å². The highest BCUT2D eigenvalue weighted by molar-refractivity contribution is 5.86. The fourth-order valence-electron chi connectivity index (χ4n) is 2.23. The molecule has 1 fully saturated rings. The van der Waals surface area contributed by atoms with Gasteiger partial charge in [0.25, 0.3) is 0 Å². The largest absolute Gasteiger partial charge is 0.397 e. The van der Waals surface area contributed by atoms with Crippen molar-refractivity contribution in [3.63, 3.8) is 0 Å². The number of hydrogen-bond donors (Lipinski definition) is 2. The summed E-state index contributed by atoms with van der Waals surface area (Å²) in [5.41, 5.74) is 8.46. The Morgan fingerprint density at radius 3 is 3.12 bits per heavy atom. The van der Waals surface area contributed by atoms with Crippen LogP contribution in [0.25, 0.3) is 11.0 Å². The second kappa shape index (κ2) is 4.01. The first-order valence-corrected chi connectivity index (χ1v) is 5.83. The molecule has 1 saturated heterocycles. The summed E-state index contributed by atoms with van der Waals surface area (Å²) in [6, 6.07) is 5.94. The third-order valence-corrected chi connectivity index (χ3v) is 3.19. The third-order valence-electron chi connectivity index (χ3n) is 3.19. The van der Waals surface area contributed by atoms with Crippen LogP contribution in [-0.4, -0.2) is 41.5 Å². The third kappa shape index (κ3) is 1.87. The summed E-state index contributed by atoms with van der Waals surface area (Å²) in [7, 11) is 2.11. The van der Waals surface area contributed by atoms with Crippen molar-refractivity contribution in [3.05, 3.63) is 24.0 Å². The van der Waals surface area contributed by atoms with Crippen LogP contribution in [0.1, 0.15) is 11.9 Å². The highest BCUT2D eigenvalue weighted by atomic mass is 15.2. The number of H-pyrrole nitrogens is 1. The van der Waals surface area contributed by atoms with Crippen molar-refractivity contribution in [2.45, 2.75) is 6.04 Å². The zero-order chi connectivity index (χ0) is 11.8. The first-order chi connectivity index (χ1) is 8.24. The number of imidazole rings is 1. The summed E-state index contributed by atoms with van der Waals surface area (Å²) in [4.78, 5) is 10.2. The molecule has 0 spiro atoms. The van der Waals surface area contributed by atoms with E-state index in [0.29, 0.717) is 5.69 Å². The highest BCUT2D eigenvalue weighted by Gasteiger charge is 2.22. The van der Waals surface area contributed by atoms with E-state index in [1.165, 1.54) is 0 Å². The van der Waals surface area contributed by atoms with Crippen LogP contribution in [0.4, 0.5) is 5.69 Å². The van der Waals surface area contributed by atoms with E-state index in [0.717, 1.165) is 36.5 Å². The number of piperazine rings is 1. The molecule has 1 aliphatic heterocycles. The van der Waals surface area contributed by atoms with Crippen LogP contribution in [0.5, 0.6) is 0 Å². The van der Waals surface area contributed by atoms with Crippen LogP contribution in [0.3, 0.4) is 0 Å². The minimum absolute atomic E-state index is 0.139. The average molecular weight is 230 g/mol. The lowest BCUT2D eigenvalue weighted by Gasteiger charge is -2.28. The number of likely N-dealkylation sites (N-methyl/N-ethyl adjacent to an activating group) is 1. The van der Waals surface area contributed by atoms with Gasteiger partial charge in [0.15, 0.2) is 0 Å². The topological polar surface area (TPSA) is 72.0 Å². The molecule has 1 radical (unpaired) electrons. The number of rotatable bonds is 1. The van der Waals surface area contributed by atoms with E-state index >= 15 is 0 Å². The standard InChI is InChI=1S/C12H16N5/c1-17-6-5-14-10(7-17)12-15-9-4-2-3-8(13)11(9)16-12/h2-4,10H,5-7,13H2,1H3,(H,15,16). The van der Waals surface area contributed by atoms with E-state index in [-0.39, 0.29) is 6.04 Å². The normalized spacial score (nSPS) is 22.1. The van der Waals surface area contributed by atoms with Gasteiger partial charge >= 0.3 is 0 Å². The molecule has 1 aromatic carbocycles. The Morgan fingerprint density at radius 2 is 2.35 bits per heavy atom. The van der Waals surface area contributed by atoms with Crippen LogP contribution < -0.4 is 11.1 Å². The van der Waals surface area contributed by atoms with E-state index < -0.39 is 0 Å². The van der Waals surface area contributed by atoms with Crippen molar-refractivity contribution in [1.29, 1.82) is 0 Å². The maximum absolute atomic E-state index is 5.90. The Kier molecular flexibility index (Phi) is 2.49. The fraction of sp³-hybridized carbons (Fsp3) is 0.417. The van der Waals surface area contributed by atoms with Crippen LogP contribution in [0.15, 0.2) is 18.2 Å². The summed E-state index contributed by atoms with van der Waals surface area (Å²) < 4.78 is 0. The highest BCUT2D eigenvalue weighted by Crippen LogP contribution is 2.22. The van der Waals surface area contributed by atoms with Gasteiger partial charge in [-0.15, -0.1) is 0 Å². The number of hydrogen-bond acceptors (Lipinski definition) is 3. The molecule has 3 N–H and O–H groups in total. The Morgan fingerprint density at radius 1 is 1.47 bits per heavy atom. The first-order valence-electron chi connectivity index (χ1n) is 5.83. The Labute approximate surface area is 100 Å². The monoisotopic (exact) mass is 230 g/mol. The molecular weight excluding hydrogens is 214 g/mol. The van der Waals surface area contributed by atoms with Crippen LogP contribution in [-0.2, 0) is 0 Å². The number of nitrogens with two attached hydrogens (primary N) is 1. The van der Waals surface area contributed by atoms with Crippen molar-refractivity contribution in [3.8, 4) is 0 Å². The summed E-state index contributed by atoms with van der Waals surface area (Å²) in [5, 5.41) is 4.60. The molecule has 1 unspecified atom stereocenters. The predicted octanol–water partition coefficient (Wildman–Crippen LogP) is 0.736. The number of nitrogen functional groups attached to an aromatic ring is 1. The van der Waals surface area contributed by atoms with Gasteiger partial charge in [0, 0.05) is 19.6 Å². The number of aromatic amines is 1. The maximum Gasteiger partial charge on any atom is 0.127 e. The van der Waals surface area contributed by atoms with Gasteiger partial charge in [0.1, 0.15) is 11.3 Å². The minimum atomic E-state index is 0.139. The molecule has 5 nitrogen and oxygen atoms in total. The molecule has 1 atom stereocenters. The van der Waals surface area contributed by atoms with E-state index in [1.54, 1.807) is 0 Å².